The molecule has 1 heterocycles. The van der Waals surface area contributed by atoms with Crippen LogP contribution < -0.4 is 5.32 Å². The van der Waals surface area contributed by atoms with Crippen LogP contribution in [0.15, 0.2) is 24.3 Å². The highest BCUT2D eigenvalue weighted by Crippen LogP contribution is 2.28. The second kappa shape index (κ2) is 7.24. The van der Waals surface area contributed by atoms with E-state index >= 15 is 0 Å². The van der Waals surface area contributed by atoms with E-state index in [1.807, 2.05) is 0 Å². The van der Waals surface area contributed by atoms with Crippen molar-refractivity contribution in [3.8, 4) is 0 Å². The zero-order valence-electron chi connectivity index (χ0n) is 13.1. The number of piperidine rings is 1. The third-order valence-corrected chi connectivity index (χ3v) is 4.47. The lowest BCUT2D eigenvalue weighted by Crippen LogP contribution is -2.42. The highest BCUT2D eigenvalue weighted by atomic mass is 16.3. The summed E-state index contributed by atoms with van der Waals surface area (Å²) in [7, 11) is 0. The fourth-order valence-electron chi connectivity index (χ4n) is 3.20. The molecule has 1 aliphatic rings. The fraction of sp³-hybridized carbons (Fsp3) is 0.667. The molecule has 1 fully saturated rings. The topological polar surface area (TPSA) is 32.3 Å². The quantitative estimate of drug-likeness (QED) is 0.859. The Labute approximate surface area is 123 Å². The molecule has 0 bridgehead atoms. The molecule has 0 spiro atoms. The molecular weight excluding hydrogens is 246 g/mol. The Hall–Kier alpha value is -0.860. The van der Waals surface area contributed by atoms with Crippen molar-refractivity contribution in [1.29, 1.82) is 0 Å². The standard InChI is InChI=1S/C18H29NO/c1-4-14-9-10-19-17(12-14)18(20)16-7-5-15(6-8-16)11-13(2)3/h5-8,13-14,17-20H,4,9-12H2,1-3H3. The van der Waals surface area contributed by atoms with Crippen LogP contribution in [-0.4, -0.2) is 17.7 Å². The first-order valence-corrected chi connectivity index (χ1v) is 8.10. The summed E-state index contributed by atoms with van der Waals surface area (Å²) < 4.78 is 0. The number of rotatable bonds is 5. The van der Waals surface area contributed by atoms with Gasteiger partial charge in [0.2, 0.25) is 0 Å². The van der Waals surface area contributed by atoms with Crippen LogP contribution in [-0.2, 0) is 6.42 Å². The highest BCUT2D eigenvalue weighted by Gasteiger charge is 2.26. The molecular formula is C18H29NO. The molecule has 112 valence electrons. The molecule has 1 aromatic rings. The molecule has 0 radical (unpaired) electrons. The van der Waals surface area contributed by atoms with E-state index in [1.165, 1.54) is 18.4 Å². The van der Waals surface area contributed by atoms with Crippen molar-refractivity contribution in [1.82, 2.24) is 5.32 Å². The summed E-state index contributed by atoms with van der Waals surface area (Å²) >= 11 is 0. The third kappa shape index (κ3) is 4.07. The van der Waals surface area contributed by atoms with Crippen LogP contribution in [0, 0.1) is 11.8 Å². The maximum atomic E-state index is 10.6. The largest absolute Gasteiger partial charge is 0.387 e. The molecule has 1 aliphatic heterocycles. The minimum atomic E-state index is -0.377. The van der Waals surface area contributed by atoms with Crippen molar-refractivity contribution >= 4 is 0 Å². The number of hydrogen-bond acceptors (Lipinski definition) is 2. The van der Waals surface area contributed by atoms with Gasteiger partial charge in [-0.1, -0.05) is 51.5 Å². The average Bonchev–Trinajstić information content (AvgIpc) is 2.47. The monoisotopic (exact) mass is 275 g/mol. The minimum Gasteiger partial charge on any atom is -0.387 e. The van der Waals surface area contributed by atoms with Crippen LogP contribution in [0.4, 0.5) is 0 Å². The smallest absolute Gasteiger partial charge is 0.0943 e. The number of aliphatic hydroxyl groups is 1. The average molecular weight is 275 g/mol. The molecule has 2 heteroatoms. The van der Waals surface area contributed by atoms with Gasteiger partial charge in [-0.25, -0.2) is 0 Å². The Kier molecular flexibility index (Phi) is 5.62. The molecule has 20 heavy (non-hydrogen) atoms. The van der Waals surface area contributed by atoms with E-state index in [1.54, 1.807) is 0 Å². The van der Waals surface area contributed by atoms with Crippen LogP contribution in [0.1, 0.15) is 57.3 Å². The molecule has 3 unspecified atom stereocenters. The lowest BCUT2D eigenvalue weighted by Gasteiger charge is -2.33. The molecule has 0 saturated carbocycles. The predicted molar refractivity (Wildman–Crippen MR) is 84.7 cm³/mol. The Morgan fingerprint density at radius 1 is 1.25 bits per heavy atom. The van der Waals surface area contributed by atoms with E-state index in [9.17, 15) is 5.11 Å². The maximum Gasteiger partial charge on any atom is 0.0943 e. The SMILES string of the molecule is CCC1CCNC(C(O)c2ccc(CC(C)C)cc2)C1. The molecule has 2 rings (SSSR count). The summed E-state index contributed by atoms with van der Waals surface area (Å²) in [4.78, 5) is 0. The van der Waals surface area contributed by atoms with Gasteiger partial charge in [0.05, 0.1) is 6.10 Å². The summed E-state index contributed by atoms with van der Waals surface area (Å²) in [6.45, 7) is 7.75. The number of benzene rings is 1. The molecule has 1 saturated heterocycles. The molecule has 2 N–H and O–H groups in total. The molecule has 0 aromatic heterocycles. The van der Waals surface area contributed by atoms with Crippen molar-refractivity contribution in [2.24, 2.45) is 11.8 Å². The van der Waals surface area contributed by atoms with Crippen LogP contribution in [0.2, 0.25) is 0 Å². The molecule has 0 amide bonds. The van der Waals surface area contributed by atoms with Gasteiger partial charge in [0, 0.05) is 6.04 Å². The zero-order valence-corrected chi connectivity index (χ0v) is 13.1. The van der Waals surface area contributed by atoms with Crippen molar-refractivity contribution in [2.75, 3.05) is 6.54 Å². The molecule has 1 aromatic carbocycles. The van der Waals surface area contributed by atoms with Gasteiger partial charge in [0.25, 0.3) is 0 Å². The number of hydrogen-bond donors (Lipinski definition) is 2. The van der Waals surface area contributed by atoms with E-state index < -0.39 is 0 Å². The lowest BCUT2D eigenvalue weighted by molar-refractivity contribution is 0.0979. The lowest BCUT2D eigenvalue weighted by atomic mass is 9.86. The summed E-state index contributed by atoms with van der Waals surface area (Å²) in [5.74, 6) is 1.44. The first-order chi connectivity index (χ1) is 9.60. The Balaban J connectivity index is 1.99. The summed E-state index contributed by atoms with van der Waals surface area (Å²) in [5, 5.41) is 14.0. The van der Waals surface area contributed by atoms with E-state index in [-0.39, 0.29) is 12.1 Å². The number of aliphatic hydroxyl groups excluding tert-OH is 1. The van der Waals surface area contributed by atoms with Crippen LogP contribution in [0.25, 0.3) is 0 Å². The van der Waals surface area contributed by atoms with Crippen LogP contribution >= 0.6 is 0 Å². The first-order valence-electron chi connectivity index (χ1n) is 8.10. The van der Waals surface area contributed by atoms with Crippen molar-refractivity contribution in [3.05, 3.63) is 35.4 Å². The van der Waals surface area contributed by atoms with Gasteiger partial charge in [-0.15, -0.1) is 0 Å². The van der Waals surface area contributed by atoms with Crippen molar-refractivity contribution in [2.45, 2.75) is 58.6 Å². The van der Waals surface area contributed by atoms with E-state index in [2.05, 4.69) is 50.4 Å². The van der Waals surface area contributed by atoms with Gasteiger partial charge in [-0.2, -0.15) is 0 Å². The normalized spacial score (nSPS) is 24.9. The highest BCUT2D eigenvalue weighted by molar-refractivity contribution is 5.25. The third-order valence-electron chi connectivity index (χ3n) is 4.47. The van der Waals surface area contributed by atoms with Crippen LogP contribution in [0.5, 0.6) is 0 Å². The van der Waals surface area contributed by atoms with Crippen molar-refractivity contribution < 1.29 is 5.11 Å². The van der Waals surface area contributed by atoms with E-state index in [4.69, 9.17) is 0 Å². The summed E-state index contributed by atoms with van der Waals surface area (Å²) in [6, 6.07) is 8.74. The molecule has 0 aliphatic carbocycles. The van der Waals surface area contributed by atoms with Crippen molar-refractivity contribution in [3.63, 3.8) is 0 Å². The summed E-state index contributed by atoms with van der Waals surface area (Å²) in [5.41, 5.74) is 2.41. The molecule has 2 nitrogen and oxygen atoms in total. The minimum absolute atomic E-state index is 0.213. The predicted octanol–water partition coefficient (Wildman–Crippen LogP) is 3.70. The van der Waals surface area contributed by atoms with Gasteiger partial charge in [0.1, 0.15) is 0 Å². The fourth-order valence-corrected chi connectivity index (χ4v) is 3.20. The van der Waals surface area contributed by atoms with Crippen LogP contribution in [0.3, 0.4) is 0 Å². The van der Waals surface area contributed by atoms with E-state index in [0.717, 1.165) is 30.9 Å². The van der Waals surface area contributed by atoms with Gasteiger partial charge in [0.15, 0.2) is 0 Å². The second-order valence-electron chi connectivity index (χ2n) is 6.64. The Morgan fingerprint density at radius 3 is 2.55 bits per heavy atom. The maximum absolute atomic E-state index is 10.6. The Morgan fingerprint density at radius 2 is 1.95 bits per heavy atom. The van der Waals surface area contributed by atoms with Gasteiger partial charge >= 0.3 is 0 Å². The van der Waals surface area contributed by atoms with Gasteiger partial charge in [-0.3, -0.25) is 0 Å². The first kappa shape index (κ1) is 15.5. The van der Waals surface area contributed by atoms with Gasteiger partial charge < -0.3 is 10.4 Å². The van der Waals surface area contributed by atoms with Gasteiger partial charge in [-0.05, 0) is 48.8 Å². The second-order valence-corrected chi connectivity index (χ2v) is 6.64. The molecule has 3 atom stereocenters. The van der Waals surface area contributed by atoms with E-state index in [0.29, 0.717) is 5.92 Å². The summed E-state index contributed by atoms with van der Waals surface area (Å²) in [6.07, 6.45) is 4.28. The number of nitrogens with one attached hydrogen (secondary N) is 1. The zero-order chi connectivity index (χ0) is 14.5. The Bertz CT molecular complexity index is 398.